The van der Waals surface area contributed by atoms with Gasteiger partial charge < -0.3 is 5.11 Å². The molecule has 0 radical (unpaired) electrons. The third-order valence-electron chi connectivity index (χ3n) is 8.83. The van der Waals surface area contributed by atoms with Crippen molar-refractivity contribution in [3.8, 4) is 0 Å². The number of hydrogen-bond acceptors (Lipinski definition) is 2. The van der Waals surface area contributed by atoms with Gasteiger partial charge in [0.25, 0.3) is 0 Å². The topological polar surface area (TPSA) is 54.4 Å². The van der Waals surface area contributed by atoms with Gasteiger partial charge in [0.15, 0.2) is 5.78 Å². The molecule has 0 spiro atoms. The van der Waals surface area contributed by atoms with E-state index in [0.29, 0.717) is 36.4 Å². The molecular formula is C24H33KO3. The summed E-state index contributed by atoms with van der Waals surface area (Å²) in [6.45, 7) is 13.6. The molecule has 148 valence electrons. The van der Waals surface area contributed by atoms with Crippen molar-refractivity contribution < 1.29 is 14.7 Å². The van der Waals surface area contributed by atoms with Crippen molar-refractivity contribution in [1.29, 1.82) is 0 Å². The minimum atomic E-state index is -0.721. The van der Waals surface area contributed by atoms with Crippen LogP contribution in [0.1, 0.15) is 65.2 Å². The molecule has 3 fully saturated rings. The summed E-state index contributed by atoms with van der Waals surface area (Å²) in [5.41, 5.74) is 3.92. The van der Waals surface area contributed by atoms with Crippen molar-refractivity contribution >= 4 is 63.1 Å². The number of carbonyl (C=O) groups is 2. The Kier molecular flexibility index (Phi) is 6.41. The molecule has 1 N–H and O–H groups in total. The average Bonchev–Trinajstić information content (AvgIpc) is 2.80. The molecule has 0 aromatic rings. The van der Waals surface area contributed by atoms with Gasteiger partial charge in [-0.05, 0) is 90.2 Å². The first-order chi connectivity index (χ1) is 12.7. The van der Waals surface area contributed by atoms with Crippen LogP contribution in [-0.4, -0.2) is 68.2 Å². The zero-order chi connectivity index (χ0) is 19.6. The Balaban J connectivity index is 0.00000225. The van der Waals surface area contributed by atoms with Crippen LogP contribution in [0.4, 0.5) is 0 Å². The van der Waals surface area contributed by atoms with Gasteiger partial charge in [-0.15, -0.1) is 0 Å². The fourth-order valence-electron chi connectivity index (χ4n) is 7.44. The molecule has 0 aromatic carbocycles. The minimum absolute atomic E-state index is 0. The third kappa shape index (κ3) is 3.32. The Labute approximate surface area is 211 Å². The van der Waals surface area contributed by atoms with E-state index >= 15 is 0 Å². The van der Waals surface area contributed by atoms with Gasteiger partial charge in [-0.3, -0.25) is 9.59 Å². The normalized spacial score (nSPS) is 42.1. The summed E-state index contributed by atoms with van der Waals surface area (Å²) >= 11 is 0. The molecule has 0 unspecified atom stereocenters. The van der Waals surface area contributed by atoms with E-state index in [9.17, 15) is 14.7 Å². The molecule has 0 aromatic heterocycles. The van der Waals surface area contributed by atoms with Crippen molar-refractivity contribution in [2.45, 2.75) is 65.2 Å². The van der Waals surface area contributed by atoms with Gasteiger partial charge in [-0.1, -0.05) is 32.6 Å². The van der Waals surface area contributed by atoms with E-state index in [-0.39, 0.29) is 74.6 Å². The standard InChI is InChI=1S/C24H32O3.K.H/c1-14-15(2)22-18-6-5-16-13-17(25)9-11-23(16,3)20(18)10-12-24(22,4)19(14)7-8-21(26)27;;/h13,18-20,22H,1-2,5-12H2,3-4H3,(H,26,27);;/t18-,19-,20+,22+,23+,24-;;/m1../s1. The van der Waals surface area contributed by atoms with Crippen LogP contribution in [-0.2, 0) is 9.59 Å². The van der Waals surface area contributed by atoms with Gasteiger partial charge in [0.2, 0.25) is 0 Å². The third-order valence-corrected chi connectivity index (χ3v) is 8.83. The van der Waals surface area contributed by atoms with Crippen molar-refractivity contribution in [2.75, 3.05) is 0 Å². The predicted molar refractivity (Wildman–Crippen MR) is 113 cm³/mol. The van der Waals surface area contributed by atoms with Gasteiger partial charge in [0, 0.05) is 12.8 Å². The Bertz CT molecular complexity index is 766. The van der Waals surface area contributed by atoms with Gasteiger partial charge in [-0.2, -0.15) is 0 Å². The van der Waals surface area contributed by atoms with E-state index in [4.69, 9.17) is 0 Å². The second-order valence-electron chi connectivity index (χ2n) is 9.92. The van der Waals surface area contributed by atoms with Crippen LogP contribution in [0, 0.1) is 34.5 Å². The zero-order valence-electron chi connectivity index (χ0n) is 16.7. The Hall–Kier alpha value is -0.00364. The van der Waals surface area contributed by atoms with Crippen LogP contribution in [0.25, 0.3) is 0 Å². The number of allylic oxidation sites excluding steroid dienone is 3. The number of fused-ring (bicyclic) bond motifs is 5. The summed E-state index contributed by atoms with van der Waals surface area (Å²) in [5.74, 6) is 1.42. The molecule has 4 rings (SSSR count). The maximum absolute atomic E-state index is 12.0. The quantitative estimate of drug-likeness (QED) is 0.690. The van der Waals surface area contributed by atoms with Gasteiger partial charge in [0.05, 0.1) is 0 Å². The Morgan fingerprint density at radius 3 is 2.57 bits per heavy atom. The van der Waals surface area contributed by atoms with E-state index in [2.05, 4.69) is 27.0 Å². The molecular weight excluding hydrogens is 375 g/mol. The molecule has 6 atom stereocenters. The van der Waals surface area contributed by atoms with Crippen LogP contribution in [0.3, 0.4) is 0 Å². The van der Waals surface area contributed by atoms with Gasteiger partial charge in [-0.25, -0.2) is 0 Å². The molecule has 3 saturated carbocycles. The molecule has 0 bridgehead atoms. The second-order valence-corrected chi connectivity index (χ2v) is 9.92. The Morgan fingerprint density at radius 1 is 1.18 bits per heavy atom. The van der Waals surface area contributed by atoms with E-state index in [0.717, 1.165) is 31.3 Å². The van der Waals surface area contributed by atoms with Gasteiger partial charge >= 0.3 is 57.4 Å². The molecule has 3 nitrogen and oxygen atoms in total. The molecule has 4 aliphatic carbocycles. The van der Waals surface area contributed by atoms with Crippen LogP contribution in [0.15, 0.2) is 36.0 Å². The van der Waals surface area contributed by atoms with Crippen LogP contribution < -0.4 is 0 Å². The summed E-state index contributed by atoms with van der Waals surface area (Å²) in [6.07, 6.45) is 8.92. The number of carboxylic acids is 1. The number of hydrogen-bond donors (Lipinski definition) is 1. The first-order valence-corrected chi connectivity index (χ1v) is 10.5. The first-order valence-electron chi connectivity index (χ1n) is 10.5. The van der Waals surface area contributed by atoms with E-state index in [1.54, 1.807) is 0 Å². The van der Waals surface area contributed by atoms with Gasteiger partial charge in [0.1, 0.15) is 0 Å². The van der Waals surface area contributed by atoms with Crippen molar-refractivity contribution in [3.63, 3.8) is 0 Å². The number of rotatable bonds is 3. The summed E-state index contributed by atoms with van der Waals surface area (Å²) in [4.78, 5) is 23.1. The molecule has 0 amide bonds. The molecule has 4 heteroatoms. The van der Waals surface area contributed by atoms with Crippen molar-refractivity contribution in [2.24, 2.45) is 34.5 Å². The SMILES string of the molecule is C=C1C(=C)[C@H]2[C@@H]3CCC4=CC(=O)CC[C@]4(C)[C@H]3CC[C@]2(C)[C@@H]1CCC(=O)O.[KH]. The summed E-state index contributed by atoms with van der Waals surface area (Å²) in [7, 11) is 0. The van der Waals surface area contributed by atoms with E-state index < -0.39 is 5.97 Å². The molecule has 28 heavy (non-hydrogen) atoms. The van der Waals surface area contributed by atoms with Crippen LogP contribution >= 0.6 is 0 Å². The summed E-state index contributed by atoms with van der Waals surface area (Å²) in [5, 5.41) is 9.19. The molecule has 0 aliphatic heterocycles. The Morgan fingerprint density at radius 2 is 1.89 bits per heavy atom. The number of carbonyl (C=O) groups excluding carboxylic acids is 1. The second kappa shape index (κ2) is 7.92. The first kappa shape index (κ1) is 22.7. The van der Waals surface area contributed by atoms with Crippen LogP contribution in [0.2, 0.25) is 0 Å². The average molecular weight is 409 g/mol. The van der Waals surface area contributed by atoms with Crippen molar-refractivity contribution in [3.05, 3.63) is 36.0 Å². The molecule has 0 saturated heterocycles. The fraction of sp³-hybridized carbons (Fsp3) is 0.667. The zero-order valence-corrected chi connectivity index (χ0v) is 16.7. The molecule has 4 aliphatic rings. The number of aliphatic carboxylic acids is 1. The maximum atomic E-state index is 12.0. The fourth-order valence-corrected chi connectivity index (χ4v) is 7.44. The van der Waals surface area contributed by atoms with Crippen molar-refractivity contribution in [1.82, 2.24) is 0 Å². The predicted octanol–water partition coefficient (Wildman–Crippen LogP) is 4.68. The van der Waals surface area contributed by atoms with E-state index in [1.807, 2.05) is 6.08 Å². The van der Waals surface area contributed by atoms with E-state index in [1.165, 1.54) is 17.6 Å². The molecule has 0 heterocycles. The van der Waals surface area contributed by atoms with Crippen LogP contribution in [0.5, 0.6) is 0 Å². The number of carboxylic acid groups (broad SMARTS) is 1. The monoisotopic (exact) mass is 408 g/mol. The summed E-state index contributed by atoms with van der Waals surface area (Å²) in [6, 6.07) is 0. The number of ketones is 1. The summed E-state index contributed by atoms with van der Waals surface area (Å²) < 4.78 is 0.